The molecule has 4 nitrogen and oxygen atoms in total. The van der Waals surface area contributed by atoms with Crippen LogP contribution in [-0.4, -0.2) is 14.5 Å². The molecule has 2 heterocycles. The zero-order valence-electron chi connectivity index (χ0n) is 10.3. The van der Waals surface area contributed by atoms with Crippen LogP contribution in [0.5, 0.6) is 0 Å². The third-order valence-electron chi connectivity index (χ3n) is 3.76. The lowest BCUT2D eigenvalue weighted by molar-refractivity contribution is 0.438. The second kappa shape index (κ2) is 3.72. The van der Waals surface area contributed by atoms with Crippen LogP contribution in [-0.2, 0) is 6.54 Å². The number of imidazole rings is 1. The molecule has 0 saturated heterocycles. The average Bonchev–Trinajstić information content (AvgIpc) is 3.08. The van der Waals surface area contributed by atoms with Crippen molar-refractivity contribution in [2.75, 3.05) is 5.73 Å². The monoisotopic (exact) mass is 230 g/mol. The Morgan fingerprint density at radius 2 is 2.29 bits per heavy atom. The van der Waals surface area contributed by atoms with Gasteiger partial charge in [0.2, 0.25) is 5.95 Å². The van der Waals surface area contributed by atoms with Crippen molar-refractivity contribution in [1.82, 2.24) is 14.5 Å². The molecule has 2 N–H and O–H groups in total. The van der Waals surface area contributed by atoms with Crippen LogP contribution in [0.3, 0.4) is 0 Å². The van der Waals surface area contributed by atoms with Gasteiger partial charge in [-0.3, -0.25) is 4.57 Å². The van der Waals surface area contributed by atoms with Gasteiger partial charge in [0, 0.05) is 12.7 Å². The molecule has 0 amide bonds. The Labute approximate surface area is 101 Å². The molecule has 2 aromatic rings. The molecule has 1 unspecified atom stereocenters. The molecule has 0 aromatic carbocycles. The first-order valence-electron chi connectivity index (χ1n) is 6.24. The minimum absolute atomic E-state index is 0.592. The summed E-state index contributed by atoms with van der Waals surface area (Å²) >= 11 is 0. The molecule has 2 aromatic heterocycles. The number of hydrogen-bond donors (Lipinski definition) is 1. The van der Waals surface area contributed by atoms with Crippen molar-refractivity contribution in [1.29, 1.82) is 0 Å². The lowest BCUT2D eigenvalue weighted by Crippen LogP contribution is -2.12. The fourth-order valence-electron chi connectivity index (χ4n) is 2.44. The second-order valence-corrected chi connectivity index (χ2v) is 5.20. The van der Waals surface area contributed by atoms with Gasteiger partial charge in [-0.25, -0.2) is 9.97 Å². The molecule has 0 spiro atoms. The Morgan fingerprint density at radius 3 is 3.00 bits per heavy atom. The largest absolute Gasteiger partial charge is 0.369 e. The molecule has 1 aliphatic rings. The van der Waals surface area contributed by atoms with E-state index < -0.39 is 0 Å². The van der Waals surface area contributed by atoms with Crippen molar-refractivity contribution in [2.24, 2.45) is 11.8 Å². The first-order valence-corrected chi connectivity index (χ1v) is 6.24. The van der Waals surface area contributed by atoms with Crippen molar-refractivity contribution in [3.05, 3.63) is 17.8 Å². The van der Waals surface area contributed by atoms with Gasteiger partial charge in [0.05, 0.1) is 0 Å². The van der Waals surface area contributed by atoms with E-state index in [0.717, 1.165) is 29.2 Å². The molecule has 3 rings (SSSR count). The van der Waals surface area contributed by atoms with E-state index in [1.807, 2.05) is 19.2 Å². The summed E-state index contributed by atoms with van der Waals surface area (Å²) in [4.78, 5) is 8.84. The van der Waals surface area contributed by atoms with Crippen molar-refractivity contribution >= 4 is 17.1 Å². The lowest BCUT2D eigenvalue weighted by Gasteiger charge is -2.12. The topological polar surface area (TPSA) is 56.7 Å². The summed E-state index contributed by atoms with van der Waals surface area (Å²) in [6, 6.07) is 1.98. The number of nitrogens with zero attached hydrogens (tertiary/aromatic N) is 3. The van der Waals surface area contributed by atoms with Crippen LogP contribution < -0.4 is 5.73 Å². The highest BCUT2D eigenvalue weighted by atomic mass is 15.2. The summed E-state index contributed by atoms with van der Waals surface area (Å²) in [5.74, 6) is 2.13. The van der Waals surface area contributed by atoms with Crippen LogP contribution >= 0.6 is 0 Å². The number of fused-ring (bicyclic) bond motifs is 1. The van der Waals surface area contributed by atoms with Gasteiger partial charge in [-0.05, 0) is 43.2 Å². The molecule has 0 bridgehead atoms. The van der Waals surface area contributed by atoms with Crippen LogP contribution in [0, 0.1) is 18.8 Å². The molecule has 1 atom stereocenters. The van der Waals surface area contributed by atoms with Crippen molar-refractivity contribution in [2.45, 2.75) is 33.2 Å². The number of aryl methyl sites for hydroxylation is 1. The van der Waals surface area contributed by atoms with Gasteiger partial charge >= 0.3 is 0 Å². The highest BCUT2D eigenvalue weighted by molar-refractivity contribution is 5.77. The third-order valence-corrected chi connectivity index (χ3v) is 3.76. The van der Waals surface area contributed by atoms with Crippen molar-refractivity contribution in [3.63, 3.8) is 0 Å². The van der Waals surface area contributed by atoms with Crippen LogP contribution in [0.4, 0.5) is 5.95 Å². The maximum Gasteiger partial charge on any atom is 0.202 e. The second-order valence-electron chi connectivity index (χ2n) is 5.20. The maximum absolute atomic E-state index is 6.00. The van der Waals surface area contributed by atoms with Gasteiger partial charge in [0.15, 0.2) is 5.65 Å². The Morgan fingerprint density at radius 1 is 1.53 bits per heavy atom. The normalized spacial score (nSPS) is 17.5. The van der Waals surface area contributed by atoms with Gasteiger partial charge in [-0.1, -0.05) is 6.92 Å². The Bertz CT molecular complexity index is 554. The average molecular weight is 230 g/mol. The third kappa shape index (κ3) is 1.77. The van der Waals surface area contributed by atoms with E-state index in [-0.39, 0.29) is 0 Å². The first-order chi connectivity index (χ1) is 8.16. The molecule has 90 valence electrons. The van der Waals surface area contributed by atoms with E-state index in [9.17, 15) is 0 Å². The molecule has 1 saturated carbocycles. The number of aromatic nitrogens is 3. The standard InChI is InChI=1S/C13H18N4/c1-8-5-6-15-12-11(8)16-13(14)17(12)7-9(2)10-3-4-10/h5-6,9-10H,3-4,7H2,1-2H3,(H2,14,16). The highest BCUT2D eigenvalue weighted by Gasteiger charge is 2.28. The number of hydrogen-bond acceptors (Lipinski definition) is 3. The van der Waals surface area contributed by atoms with Crippen LogP contribution in [0.25, 0.3) is 11.2 Å². The van der Waals surface area contributed by atoms with E-state index in [1.165, 1.54) is 12.8 Å². The summed E-state index contributed by atoms with van der Waals surface area (Å²) in [7, 11) is 0. The van der Waals surface area contributed by atoms with Crippen molar-refractivity contribution in [3.8, 4) is 0 Å². The van der Waals surface area contributed by atoms with Gasteiger partial charge in [-0.15, -0.1) is 0 Å². The SMILES string of the molecule is Cc1ccnc2c1nc(N)n2CC(C)C1CC1. The zero-order valence-corrected chi connectivity index (χ0v) is 10.3. The van der Waals surface area contributed by atoms with Crippen LogP contribution in [0.2, 0.25) is 0 Å². The molecule has 1 aliphatic carbocycles. The summed E-state index contributed by atoms with van der Waals surface area (Å²) in [5.41, 5.74) is 9.01. The molecule has 0 aliphatic heterocycles. The van der Waals surface area contributed by atoms with Crippen LogP contribution in [0.1, 0.15) is 25.3 Å². The zero-order chi connectivity index (χ0) is 12.0. The summed E-state index contributed by atoms with van der Waals surface area (Å²) in [6.07, 6.45) is 4.55. The van der Waals surface area contributed by atoms with Gasteiger partial charge < -0.3 is 5.73 Å². The smallest absolute Gasteiger partial charge is 0.202 e. The van der Waals surface area contributed by atoms with Gasteiger partial charge in [0.25, 0.3) is 0 Å². The Balaban J connectivity index is 2.02. The number of nitrogens with two attached hydrogens (primary N) is 1. The minimum Gasteiger partial charge on any atom is -0.369 e. The van der Waals surface area contributed by atoms with E-state index in [1.54, 1.807) is 0 Å². The molecular formula is C13H18N4. The molecular weight excluding hydrogens is 212 g/mol. The fourth-order valence-corrected chi connectivity index (χ4v) is 2.44. The Kier molecular flexibility index (Phi) is 2.31. The fraction of sp³-hybridized carbons (Fsp3) is 0.538. The molecule has 1 fully saturated rings. The van der Waals surface area contributed by atoms with Crippen molar-refractivity contribution < 1.29 is 0 Å². The van der Waals surface area contributed by atoms with E-state index in [2.05, 4.69) is 21.5 Å². The number of anilines is 1. The van der Waals surface area contributed by atoms with E-state index in [0.29, 0.717) is 11.9 Å². The number of nitrogen functional groups attached to an aromatic ring is 1. The summed E-state index contributed by atoms with van der Waals surface area (Å²) < 4.78 is 2.06. The van der Waals surface area contributed by atoms with E-state index >= 15 is 0 Å². The number of rotatable bonds is 3. The van der Waals surface area contributed by atoms with Crippen LogP contribution in [0.15, 0.2) is 12.3 Å². The summed E-state index contributed by atoms with van der Waals surface area (Å²) in [6.45, 7) is 5.27. The maximum atomic E-state index is 6.00. The quantitative estimate of drug-likeness (QED) is 0.880. The molecule has 17 heavy (non-hydrogen) atoms. The highest BCUT2D eigenvalue weighted by Crippen LogP contribution is 2.38. The number of pyridine rings is 1. The minimum atomic E-state index is 0.592. The Hall–Kier alpha value is -1.58. The predicted molar refractivity (Wildman–Crippen MR) is 68.6 cm³/mol. The first kappa shape index (κ1) is 10.6. The lowest BCUT2D eigenvalue weighted by atomic mass is 10.1. The van der Waals surface area contributed by atoms with Gasteiger partial charge in [0.1, 0.15) is 5.52 Å². The molecule has 4 heteroatoms. The summed E-state index contributed by atoms with van der Waals surface area (Å²) in [5, 5.41) is 0. The predicted octanol–water partition coefficient (Wildman–Crippen LogP) is 2.37. The molecule has 0 radical (unpaired) electrons. The van der Waals surface area contributed by atoms with E-state index in [4.69, 9.17) is 5.73 Å². The van der Waals surface area contributed by atoms with Gasteiger partial charge in [-0.2, -0.15) is 0 Å².